The van der Waals surface area contributed by atoms with Crippen molar-refractivity contribution < 1.29 is 14.3 Å². The molecule has 6 nitrogen and oxygen atoms in total. The lowest BCUT2D eigenvalue weighted by molar-refractivity contribution is -0.145. The van der Waals surface area contributed by atoms with Gasteiger partial charge in [0.15, 0.2) is 0 Å². The quantitative estimate of drug-likeness (QED) is 0.675. The van der Waals surface area contributed by atoms with Gasteiger partial charge in [-0.25, -0.2) is 0 Å². The van der Waals surface area contributed by atoms with E-state index in [0.717, 1.165) is 25.9 Å². The third kappa shape index (κ3) is 3.67. The van der Waals surface area contributed by atoms with Crippen LogP contribution in [0.3, 0.4) is 0 Å². The molecule has 1 saturated heterocycles. The fourth-order valence-electron chi connectivity index (χ4n) is 1.89. The summed E-state index contributed by atoms with van der Waals surface area (Å²) in [6.07, 6.45) is 1.44. The summed E-state index contributed by atoms with van der Waals surface area (Å²) in [5.41, 5.74) is 5.41. The lowest BCUT2D eigenvalue weighted by Gasteiger charge is -2.24. The molecular formula is C11H21N3O3. The van der Waals surface area contributed by atoms with Crippen LogP contribution in [0.2, 0.25) is 0 Å². The maximum absolute atomic E-state index is 11.8. The lowest BCUT2D eigenvalue weighted by Crippen LogP contribution is -2.46. The minimum absolute atomic E-state index is 0.00905. The van der Waals surface area contributed by atoms with Gasteiger partial charge in [-0.3, -0.25) is 9.59 Å². The first-order valence-electron chi connectivity index (χ1n) is 5.85. The van der Waals surface area contributed by atoms with Gasteiger partial charge in [0.2, 0.25) is 5.91 Å². The van der Waals surface area contributed by atoms with Crippen LogP contribution in [0.4, 0.5) is 0 Å². The predicted molar refractivity (Wildman–Crippen MR) is 63.3 cm³/mol. The van der Waals surface area contributed by atoms with Crippen LogP contribution in [-0.4, -0.2) is 68.1 Å². The van der Waals surface area contributed by atoms with E-state index in [0.29, 0.717) is 0 Å². The third-order valence-electron chi connectivity index (χ3n) is 2.98. The van der Waals surface area contributed by atoms with Gasteiger partial charge in [0.25, 0.3) is 5.91 Å². The first-order chi connectivity index (χ1) is 8.10. The summed E-state index contributed by atoms with van der Waals surface area (Å²) >= 11 is 0. The molecule has 1 aliphatic rings. The van der Waals surface area contributed by atoms with Crippen LogP contribution >= 0.6 is 0 Å². The number of hydrogen-bond donors (Lipinski definition) is 1. The second-order valence-corrected chi connectivity index (χ2v) is 4.24. The highest BCUT2D eigenvalue weighted by Gasteiger charge is 2.24. The normalized spacial score (nSPS) is 17.0. The molecule has 0 bridgehead atoms. The van der Waals surface area contributed by atoms with Crippen LogP contribution < -0.4 is 5.73 Å². The molecule has 6 heteroatoms. The van der Waals surface area contributed by atoms with Crippen LogP contribution in [-0.2, 0) is 14.3 Å². The molecular weight excluding hydrogens is 222 g/mol. The number of nitrogens with zero attached hydrogens (tertiary/aromatic N) is 2. The van der Waals surface area contributed by atoms with Gasteiger partial charge in [-0.1, -0.05) is 0 Å². The molecule has 1 fully saturated rings. The number of rotatable bonds is 5. The van der Waals surface area contributed by atoms with E-state index in [4.69, 9.17) is 10.5 Å². The summed E-state index contributed by atoms with van der Waals surface area (Å²) in [6, 6.07) is 0. The molecule has 0 aromatic heterocycles. The summed E-state index contributed by atoms with van der Waals surface area (Å²) in [6.45, 7) is 1.81. The van der Waals surface area contributed by atoms with Gasteiger partial charge in [-0.2, -0.15) is 0 Å². The highest BCUT2D eigenvalue weighted by molar-refractivity contribution is 5.87. The molecule has 17 heavy (non-hydrogen) atoms. The van der Waals surface area contributed by atoms with E-state index in [9.17, 15) is 9.59 Å². The third-order valence-corrected chi connectivity index (χ3v) is 2.98. The minimum atomic E-state index is -0.661. The van der Waals surface area contributed by atoms with Gasteiger partial charge < -0.3 is 20.3 Å². The van der Waals surface area contributed by atoms with Crippen molar-refractivity contribution in [2.45, 2.75) is 18.9 Å². The molecule has 1 unspecified atom stereocenters. The molecule has 0 aliphatic carbocycles. The molecule has 0 spiro atoms. The molecule has 2 N–H and O–H groups in total. The van der Waals surface area contributed by atoms with E-state index in [2.05, 4.69) is 0 Å². The van der Waals surface area contributed by atoms with Crippen molar-refractivity contribution in [1.29, 1.82) is 0 Å². The van der Waals surface area contributed by atoms with Crippen LogP contribution in [0.15, 0.2) is 0 Å². The molecule has 0 aromatic carbocycles. The Morgan fingerprint density at radius 3 is 2.47 bits per heavy atom. The van der Waals surface area contributed by atoms with Gasteiger partial charge in [0.05, 0.1) is 6.54 Å². The Labute approximate surface area is 102 Å². The van der Waals surface area contributed by atoms with E-state index in [-0.39, 0.29) is 24.9 Å². The monoisotopic (exact) mass is 243 g/mol. The lowest BCUT2D eigenvalue weighted by atomic mass is 10.3. The topological polar surface area (TPSA) is 75.9 Å². The van der Waals surface area contributed by atoms with Crippen LogP contribution in [0, 0.1) is 0 Å². The van der Waals surface area contributed by atoms with Crippen LogP contribution in [0.25, 0.3) is 0 Å². The van der Waals surface area contributed by atoms with Crippen molar-refractivity contribution in [2.75, 3.05) is 40.3 Å². The zero-order valence-corrected chi connectivity index (χ0v) is 10.5. The number of carbonyl (C=O) groups is 2. The largest absolute Gasteiger partial charge is 0.370 e. The van der Waals surface area contributed by atoms with Gasteiger partial charge in [-0.05, 0) is 12.8 Å². The Bertz CT molecular complexity index is 273. The highest BCUT2D eigenvalue weighted by Crippen LogP contribution is 2.08. The number of carbonyl (C=O) groups excluding carboxylic acids is 2. The number of likely N-dealkylation sites (N-methyl/N-ethyl adjacent to an activating group) is 1. The predicted octanol–water partition coefficient (Wildman–Crippen LogP) is -0.959. The van der Waals surface area contributed by atoms with Gasteiger partial charge in [0, 0.05) is 33.8 Å². The standard InChI is InChI=1S/C11H21N3O3/c1-13(11(16)9(7-12)17-2)8-10(15)14-5-3-4-6-14/h9H,3-8,12H2,1-2H3. The van der Waals surface area contributed by atoms with E-state index in [1.807, 2.05) is 0 Å². The van der Waals surface area contributed by atoms with E-state index < -0.39 is 6.10 Å². The van der Waals surface area contributed by atoms with Crippen molar-refractivity contribution in [1.82, 2.24) is 9.80 Å². The summed E-state index contributed by atoms with van der Waals surface area (Å²) in [5.74, 6) is -0.257. The fraction of sp³-hybridized carbons (Fsp3) is 0.818. The summed E-state index contributed by atoms with van der Waals surface area (Å²) in [4.78, 5) is 26.8. The Morgan fingerprint density at radius 1 is 1.41 bits per heavy atom. The van der Waals surface area contributed by atoms with E-state index in [1.165, 1.54) is 12.0 Å². The Balaban J connectivity index is 2.44. The summed E-state index contributed by atoms with van der Waals surface area (Å²) in [7, 11) is 3.03. The van der Waals surface area contributed by atoms with Crippen molar-refractivity contribution in [3.05, 3.63) is 0 Å². The number of amides is 2. The number of likely N-dealkylation sites (tertiary alicyclic amines) is 1. The minimum Gasteiger partial charge on any atom is -0.370 e. The Hall–Kier alpha value is -1.14. The zero-order chi connectivity index (χ0) is 12.8. The number of hydrogen-bond acceptors (Lipinski definition) is 4. The number of methoxy groups -OCH3 is 1. The zero-order valence-electron chi connectivity index (χ0n) is 10.5. The first-order valence-corrected chi connectivity index (χ1v) is 5.85. The average molecular weight is 243 g/mol. The van der Waals surface area contributed by atoms with Crippen LogP contribution in [0.5, 0.6) is 0 Å². The molecule has 2 amide bonds. The molecule has 98 valence electrons. The fourth-order valence-corrected chi connectivity index (χ4v) is 1.89. The van der Waals surface area contributed by atoms with Crippen molar-refractivity contribution in [3.8, 4) is 0 Å². The first kappa shape index (κ1) is 13.9. The Morgan fingerprint density at radius 2 is 2.00 bits per heavy atom. The molecule has 1 aliphatic heterocycles. The maximum atomic E-state index is 11.8. The smallest absolute Gasteiger partial charge is 0.253 e. The second-order valence-electron chi connectivity index (χ2n) is 4.24. The summed E-state index contributed by atoms with van der Waals surface area (Å²) in [5, 5.41) is 0. The maximum Gasteiger partial charge on any atom is 0.253 e. The highest BCUT2D eigenvalue weighted by atomic mass is 16.5. The molecule has 1 atom stereocenters. The molecule has 0 saturated carbocycles. The van der Waals surface area contributed by atoms with E-state index >= 15 is 0 Å². The molecule has 0 aromatic rings. The van der Waals surface area contributed by atoms with E-state index in [1.54, 1.807) is 11.9 Å². The summed E-state index contributed by atoms with van der Waals surface area (Å²) < 4.78 is 4.95. The van der Waals surface area contributed by atoms with Crippen molar-refractivity contribution >= 4 is 11.8 Å². The van der Waals surface area contributed by atoms with Crippen LogP contribution in [0.1, 0.15) is 12.8 Å². The number of nitrogens with two attached hydrogens (primary N) is 1. The SMILES string of the molecule is COC(CN)C(=O)N(C)CC(=O)N1CCCC1. The number of ether oxygens (including phenoxy) is 1. The van der Waals surface area contributed by atoms with Crippen molar-refractivity contribution in [3.63, 3.8) is 0 Å². The molecule has 1 heterocycles. The van der Waals surface area contributed by atoms with Gasteiger partial charge >= 0.3 is 0 Å². The molecule has 1 rings (SSSR count). The van der Waals surface area contributed by atoms with Gasteiger partial charge in [0.1, 0.15) is 6.10 Å². The second kappa shape index (κ2) is 6.56. The molecule has 0 radical (unpaired) electrons. The van der Waals surface area contributed by atoms with Crippen molar-refractivity contribution in [2.24, 2.45) is 5.73 Å². The Kier molecular flexibility index (Phi) is 5.37. The average Bonchev–Trinajstić information content (AvgIpc) is 2.83. The van der Waals surface area contributed by atoms with Gasteiger partial charge in [-0.15, -0.1) is 0 Å².